The number of amides is 1. The van der Waals surface area contributed by atoms with Gasteiger partial charge in [-0.2, -0.15) is 5.10 Å². The van der Waals surface area contributed by atoms with Crippen LogP contribution in [-0.2, 0) is 16.1 Å². The molecule has 2 rings (SSSR count). The van der Waals surface area contributed by atoms with Crippen molar-refractivity contribution in [3.63, 3.8) is 0 Å². The molecule has 1 aromatic heterocycles. The summed E-state index contributed by atoms with van der Waals surface area (Å²) in [5, 5.41) is 15.2. The third kappa shape index (κ3) is 3.07. The van der Waals surface area contributed by atoms with Crippen LogP contribution in [0.3, 0.4) is 0 Å². The molecule has 1 aromatic rings. The minimum atomic E-state index is -1.04. The number of aromatic nitrogens is 2. The van der Waals surface area contributed by atoms with Gasteiger partial charge in [0.25, 0.3) is 5.91 Å². The maximum atomic E-state index is 11.8. The molecular weight excluding hydrogens is 238 g/mol. The van der Waals surface area contributed by atoms with Crippen LogP contribution in [0, 0.1) is 0 Å². The van der Waals surface area contributed by atoms with Crippen molar-refractivity contribution in [2.24, 2.45) is 0 Å². The van der Waals surface area contributed by atoms with Gasteiger partial charge in [-0.05, 0) is 18.9 Å². The molecule has 1 saturated heterocycles. The Morgan fingerprint density at radius 1 is 1.61 bits per heavy atom. The molecule has 7 nitrogen and oxygen atoms in total. The van der Waals surface area contributed by atoms with Gasteiger partial charge in [-0.15, -0.1) is 0 Å². The molecule has 2 N–H and O–H groups in total. The van der Waals surface area contributed by atoms with Crippen molar-refractivity contribution >= 4 is 11.9 Å². The largest absolute Gasteiger partial charge is 0.480 e. The molecule has 1 fully saturated rings. The summed E-state index contributed by atoms with van der Waals surface area (Å²) in [6.45, 7) is 0.851. The monoisotopic (exact) mass is 253 g/mol. The Balaban J connectivity index is 1.91. The van der Waals surface area contributed by atoms with Crippen molar-refractivity contribution in [1.29, 1.82) is 0 Å². The SMILES string of the molecule is O=C(O)Cn1nccc1C(=O)NCC1CCCO1. The highest BCUT2D eigenvalue weighted by atomic mass is 16.5. The third-order valence-electron chi connectivity index (χ3n) is 2.75. The summed E-state index contributed by atoms with van der Waals surface area (Å²) >= 11 is 0. The number of hydrogen-bond donors (Lipinski definition) is 2. The summed E-state index contributed by atoms with van der Waals surface area (Å²) in [4.78, 5) is 22.4. The normalized spacial score (nSPS) is 18.8. The second kappa shape index (κ2) is 5.63. The second-order valence-electron chi connectivity index (χ2n) is 4.11. The molecule has 1 unspecified atom stereocenters. The number of hydrogen-bond acceptors (Lipinski definition) is 4. The Morgan fingerprint density at radius 3 is 3.11 bits per heavy atom. The minimum absolute atomic E-state index is 0.0600. The fourth-order valence-electron chi connectivity index (χ4n) is 1.88. The van der Waals surface area contributed by atoms with E-state index in [1.807, 2.05) is 0 Å². The van der Waals surface area contributed by atoms with E-state index in [-0.39, 0.29) is 24.2 Å². The first-order chi connectivity index (χ1) is 8.66. The van der Waals surface area contributed by atoms with E-state index in [2.05, 4.69) is 10.4 Å². The lowest BCUT2D eigenvalue weighted by atomic mass is 10.2. The van der Waals surface area contributed by atoms with Crippen LogP contribution in [-0.4, -0.2) is 46.0 Å². The van der Waals surface area contributed by atoms with Crippen molar-refractivity contribution in [2.75, 3.05) is 13.2 Å². The van der Waals surface area contributed by atoms with Gasteiger partial charge in [0.2, 0.25) is 0 Å². The van der Waals surface area contributed by atoms with Crippen LogP contribution in [0.2, 0.25) is 0 Å². The standard InChI is InChI=1S/C11H15N3O4/c15-10(16)7-14-9(3-4-13-14)11(17)12-6-8-2-1-5-18-8/h3-4,8H,1-2,5-7H2,(H,12,17)(H,15,16). The third-order valence-corrected chi connectivity index (χ3v) is 2.75. The molecule has 18 heavy (non-hydrogen) atoms. The number of carbonyl (C=O) groups is 2. The van der Waals surface area contributed by atoms with Crippen molar-refractivity contribution in [3.8, 4) is 0 Å². The fourth-order valence-corrected chi connectivity index (χ4v) is 1.88. The highest BCUT2D eigenvalue weighted by Gasteiger charge is 2.18. The summed E-state index contributed by atoms with van der Waals surface area (Å²) in [6.07, 6.45) is 3.42. The molecule has 1 aliphatic rings. The zero-order valence-corrected chi connectivity index (χ0v) is 9.83. The van der Waals surface area contributed by atoms with Crippen LogP contribution in [0.5, 0.6) is 0 Å². The van der Waals surface area contributed by atoms with E-state index in [0.717, 1.165) is 24.1 Å². The molecule has 0 radical (unpaired) electrons. The Kier molecular flexibility index (Phi) is 3.93. The van der Waals surface area contributed by atoms with E-state index in [1.165, 1.54) is 12.3 Å². The predicted octanol–water partition coefficient (Wildman–Crippen LogP) is -0.124. The number of rotatable bonds is 5. The molecule has 0 spiro atoms. The summed E-state index contributed by atoms with van der Waals surface area (Å²) < 4.78 is 6.54. The van der Waals surface area contributed by atoms with Crippen molar-refractivity contribution in [1.82, 2.24) is 15.1 Å². The van der Waals surface area contributed by atoms with Gasteiger partial charge in [-0.1, -0.05) is 0 Å². The van der Waals surface area contributed by atoms with Gasteiger partial charge in [0.15, 0.2) is 0 Å². The highest BCUT2D eigenvalue weighted by molar-refractivity contribution is 5.92. The average Bonchev–Trinajstić information content (AvgIpc) is 2.95. The van der Waals surface area contributed by atoms with Gasteiger partial charge < -0.3 is 15.2 Å². The number of nitrogens with one attached hydrogen (secondary N) is 1. The van der Waals surface area contributed by atoms with Crippen LogP contribution >= 0.6 is 0 Å². The van der Waals surface area contributed by atoms with Gasteiger partial charge in [0.1, 0.15) is 12.2 Å². The molecular formula is C11H15N3O4. The molecule has 7 heteroatoms. The smallest absolute Gasteiger partial charge is 0.325 e. The van der Waals surface area contributed by atoms with Crippen LogP contribution in [0.1, 0.15) is 23.3 Å². The number of carboxylic acids is 1. The summed E-state index contributed by atoms with van der Waals surface area (Å²) in [7, 11) is 0. The van der Waals surface area contributed by atoms with E-state index in [4.69, 9.17) is 9.84 Å². The maximum Gasteiger partial charge on any atom is 0.325 e. The average molecular weight is 253 g/mol. The van der Waals surface area contributed by atoms with E-state index in [0.29, 0.717) is 6.54 Å². The number of carbonyl (C=O) groups excluding carboxylic acids is 1. The number of ether oxygens (including phenoxy) is 1. The molecule has 1 amide bonds. The predicted molar refractivity (Wildman–Crippen MR) is 61.2 cm³/mol. The Bertz CT molecular complexity index is 437. The summed E-state index contributed by atoms with van der Waals surface area (Å²) in [5.41, 5.74) is 0.246. The van der Waals surface area contributed by atoms with Gasteiger partial charge >= 0.3 is 5.97 Å². The van der Waals surface area contributed by atoms with Crippen LogP contribution in [0.4, 0.5) is 0 Å². The van der Waals surface area contributed by atoms with Gasteiger partial charge in [0.05, 0.1) is 6.10 Å². The first kappa shape index (κ1) is 12.6. The van der Waals surface area contributed by atoms with Crippen LogP contribution < -0.4 is 5.32 Å². The quantitative estimate of drug-likeness (QED) is 0.762. The molecule has 0 bridgehead atoms. The van der Waals surface area contributed by atoms with Crippen molar-refractivity contribution < 1.29 is 19.4 Å². The van der Waals surface area contributed by atoms with Gasteiger partial charge in [0, 0.05) is 19.3 Å². The zero-order chi connectivity index (χ0) is 13.0. The molecule has 0 aromatic carbocycles. The molecule has 2 heterocycles. The van der Waals surface area contributed by atoms with Crippen molar-refractivity contribution in [2.45, 2.75) is 25.5 Å². The van der Waals surface area contributed by atoms with Crippen LogP contribution in [0.25, 0.3) is 0 Å². The van der Waals surface area contributed by atoms with Gasteiger partial charge in [-0.25, -0.2) is 4.68 Å². The lowest BCUT2D eigenvalue weighted by molar-refractivity contribution is -0.137. The Hall–Kier alpha value is -1.89. The molecule has 98 valence electrons. The lowest BCUT2D eigenvalue weighted by Gasteiger charge is -2.11. The van der Waals surface area contributed by atoms with Gasteiger partial charge in [-0.3, -0.25) is 9.59 Å². The zero-order valence-electron chi connectivity index (χ0n) is 9.83. The molecule has 1 aliphatic heterocycles. The molecule has 0 saturated carbocycles. The minimum Gasteiger partial charge on any atom is -0.480 e. The van der Waals surface area contributed by atoms with Crippen LogP contribution in [0.15, 0.2) is 12.3 Å². The lowest BCUT2D eigenvalue weighted by Crippen LogP contribution is -2.33. The fraction of sp³-hybridized carbons (Fsp3) is 0.545. The van der Waals surface area contributed by atoms with Crippen molar-refractivity contribution in [3.05, 3.63) is 18.0 Å². The number of aliphatic carboxylic acids is 1. The number of carboxylic acid groups (broad SMARTS) is 1. The number of nitrogens with zero attached hydrogens (tertiary/aromatic N) is 2. The second-order valence-corrected chi connectivity index (χ2v) is 4.11. The van der Waals surface area contributed by atoms with E-state index >= 15 is 0 Å². The molecule has 0 aliphatic carbocycles. The van der Waals surface area contributed by atoms with E-state index in [9.17, 15) is 9.59 Å². The van der Waals surface area contributed by atoms with E-state index in [1.54, 1.807) is 0 Å². The first-order valence-electron chi connectivity index (χ1n) is 5.80. The first-order valence-corrected chi connectivity index (χ1v) is 5.80. The molecule has 1 atom stereocenters. The summed E-state index contributed by atoms with van der Waals surface area (Å²) in [5.74, 6) is -1.36. The highest BCUT2D eigenvalue weighted by Crippen LogP contribution is 2.10. The van der Waals surface area contributed by atoms with E-state index < -0.39 is 5.97 Å². The maximum absolute atomic E-state index is 11.8. The Labute approximate surface area is 104 Å². The Morgan fingerprint density at radius 2 is 2.44 bits per heavy atom. The summed E-state index contributed by atoms with van der Waals surface area (Å²) in [6, 6.07) is 1.49. The topological polar surface area (TPSA) is 93.5 Å².